The van der Waals surface area contributed by atoms with E-state index in [0.29, 0.717) is 35.6 Å². The molecule has 3 aromatic heterocycles. The summed E-state index contributed by atoms with van der Waals surface area (Å²) in [5.41, 5.74) is 4.27. The Balaban J connectivity index is 0.00000304. The Labute approximate surface area is 216 Å². The zero-order valence-electron chi connectivity index (χ0n) is 21.0. The number of carbonyl (C=O) groups excluding carboxylic acids is 1. The van der Waals surface area contributed by atoms with E-state index < -0.39 is 0 Å². The van der Waals surface area contributed by atoms with Gasteiger partial charge in [-0.3, -0.25) is 14.4 Å². The maximum Gasteiger partial charge on any atom is 0.237 e. The van der Waals surface area contributed by atoms with Crippen molar-refractivity contribution >= 4 is 23.8 Å². The van der Waals surface area contributed by atoms with Crippen molar-refractivity contribution in [2.45, 2.75) is 27.3 Å². The van der Waals surface area contributed by atoms with Crippen LogP contribution in [-0.4, -0.2) is 66.3 Å². The van der Waals surface area contributed by atoms with E-state index in [2.05, 4.69) is 35.9 Å². The summed E-state index contributed by atoms with van der Waals surface area (Å²) in [6, 6.07) is 6.97. The predicted octanol–water partition coefficient (Wildman–Crippen LogP) is 4.05. The number of hydrogen-bond acceptors (Lipinski definition) is 5. The number of amides is 1. The van der Waals surface area contributed by atoms with Gasteiger partial charge >= 0.3 is 0 Å². The average molecular weight is 512 g/mol. The van der Waals surface area contributed by atoms with Gasteiger partial charge in [0.15, 0.2) is 0 Å². The summed E-state index contributed by atoms with van der Waals surface area (Å²) in [6.45, 7) is 9.40. The van der Waals surface area contributed by atoms with Crippen LogP contribution in [0.5, 0.6) is 0 Å². The molecular formula is C26H31ClFN7O. The third-order valence-corrected chi connectivity index (χ3v) is 6.17. The predicted molar refractivity (Wildman–Crippen MR) is 139 cm³/mol. The molecular weight excluding hydrogens is 481 g/mol. The van der Waals surface area contributed by atoms with Gasteiger partial charge in [-0.1, -0.05) is 32.9 Å². The zero-order valence-corrected chi connectivity index (χ0v) is 21.8. The van der Waals surface area contributed by atoms with E-state index in [1.165, 1.54) is 6.07 Å². The second-order valence-electron chi connectivity index (χ2n) is 10.4. The standard InChI is InChI=1S/C26H30FN7O.ClH/c1-26(2,3)17-32-9-10-33(24(35)16-32)14-19-6-5-18(11-21(19)27)25-23-7-8-28-34(23)15-22(30-25)20-12-29-31(4)13-20;/h5-8,11-13,15H,9-10,14,16-17H2,1-4H3;1H. The fourth-order valence-corrected chi connectivity index (χ4v) is 4.59. The number of rotatable bonds is 5. The van der Waals surface area contributed by atoms with Crippen LogP contribution >= 0.6 is 12.4 Å². The zero-order chi connectivity index (χ0) is 24.7. The molecule has 0 N–H and O–H groups in total. The number of benzene rings is 1. The Kier molecular flexibility index (Phi) is 7.15. The first kappa shape index (κ1) is 25.8. The van der Waals surface area contributed by atoms with Crippen molar-refractivity contribution in [1.82, 2.24) is 34.2 Å². The number of aryl methyl sites for hydroxylation is 1. The first-order valence-corrected chi connectivity index (χ1v) is 11.8. The molecule has 1 aliphatic heterocycles. The highest BCUT2D eigenvalue weighted by Gasteiger charge is 2.27. The van der Waals surface area contributed by atoms with Gasteiger partial charge in [0.2, 0.25) is 5.91 Å². The van der Waals surface area contributed by atoms with Crippen molar-refractivity contribution in [3.05, 3.63) is 60.4 Å². The van der Waals surface area contributed by atoms with E-state index >= 15 is 4.39 Å². The Hall–Kier alpha value is -3.30. The molecule has 0 spiro atoms. The molecule has 1 amide bonds. The number of hydrogen-bond donors (Lipinski definition) is 0. The molecule has 1 fully saturated rings. The fraction of sp³-hybridized carbons (Fsp3) is 0.385. The monoisotopic (exact) mass is 511 g/mol. The minimum atomic E-state index is -0.348. The second kappa shape index (κ2) is 9.99. The van der Waals surface area contributed by atoms with Gasteiger partial charge in [-0.25, -0.2) is 13.9 Å². The molecule has 0 bridgehead atoms. The van der Waals surface area contributed by atoms with Gasteiger partial charge in [0.1, 0.15) is 5.82 Å². The van der Waals surface area contributed by atoms with Crippen LogP contribution in [0.2, 0.25) is 0 Å². The fourth-order valence-electron chi connectivity index (χ4n) is 4.59. The summed E-state index contributed by atoms with van der Waals surface area (Å²) in [6.07, 6.45) is 7.15. The Morgan fingerprint density at radius 1 is 1.06 bits per heavy atom. The van der Waals surface area contributed by atoms with Crippen LogP contribution in [0.4, 0.5) is 4.39 Å². The minimum absolute atomic E-state index is 0. The van der Waals surface area contributed by atoms with E-state index in [1.54, 1.807) is 32.6 Å². The molecule has 1 saturated heterocycles. The van der Waals surface area contributed by atoms with Crippen LogP contribution in [0, 0.1) is 11.2 Å². The maximum absolute atomic E-state index is 15.3. The van der Waals surface area contributed by atoms with Crippen molar-refractivity contribution in [3.63, 3.8) is 0 Å². The Bertz CT molecular complexity index is 1390. The largest absolute Gasteiger partial charge is 0.336 e. The van der Waals surface area contributed by atoms with Crippen molar-refractivity contribution in [3.8, 4) is 22.5 Å². The number of nitrogens with zero attached hydrogens (tertiary/aromatic N) is 7. The summed E-state index contributed by atoms with van der Waals surface area (Å²) < 4.78 is 18.7. The van der Waals surface area contributed by atoms with Gasteiger partial charge in [0, 0.05) is 56.1 Å². The molecule has 4 heterocycles. The average Bonchev–Trinajstić information content (AvgIpc) is 3.44. The highest BCUT2D eigenvalue weighted by atomic mass is 35.5. The lowest BCUT2D eigenvalue weighted by Gasteiger charge is -2.37. The van der Waals surface area contributed by atoms with Crippen LogP contribution in [0.25, 0.3) is 28.0 Å². The second-order valence-corrected chi connectivity index (χ2v) is 10.4. The first-order valence-electron chi connectivity index (χ1n) is 11.8. The summed E-state index contributed by atoms with van der Waals surface area (Å²) >= 11 is 0. The van der Waals surface area contributed by atoms with Crippen molar-refractivity contribution in [2.24, 2.45) is 12.5 Å². The topological polar surface area (TPSA) is 71.6 Å². The molecule has 0 atom stereocenters. The van der Waals surface area contributed by atoms with Crippen molar-refractivity contribution < 1.29 is 9.18 Å². The molecule has 1 aliphatic rings. The van der Waals surface area contributed by atoms with E-state index in [4.69, 9.17) is 4.98 Å². The van der Waals surface area contributed by atoms with Crippen molar-refractivity contribution in [2.75, 3.05) is 26.2 Å². The Morgan fingerprint density at radius 2 is 1.86 bits per heavy atom. The van der Waals surface area contributed by atoms with Gasteiger partial charge in [-0.2, -0.15) is 10.2 Å². The summed E-state index contributed by atoms with van der Waals surface area (Å²) in [5, 5.41) is 8.58. The lowest BCUT2D eigenvalue weighted by molar-refractivity contribution is -0.137. The molecule has 1 aromatic carbocycles. The van der Waals surface area contributed by atoms with Crippen LogP contribution in [-0.2, 0) is 18.4 Å². The van der Waals surface area contributed by atoms with Crippen LogP contribution in [0.15, 0.2) is 49.1 Å². The van der Waals surface area contributed by atoms with Crippen LogP contribution < -0.4 is 0 Å². The number of halogens is 2. The molecule has 4 aromatic rings. The maximum atomic E-state index is 15.3. The summed E-state index contributed by atoms with van der Waals surface area (Å²) in [7, 11) is 1.85. The van der Waals surface area contributed by atoms with Gasteiger partial charge in [-0.05, 0) is 17.5 Å². The number of piperazine rings is 1. The molecule has 8 nitrogen and oxygen atoms in total. The highest BCUT2D eigenvalue weighted by Crippen LogP contribution is 2.28. The first-order chi connectivity index (χ1) is 16.7. The molecule has 0 saturated carbocycles. The normalized spacial score (nSPS) is 14.9. The van der Waals surface area contributed by atoms with E-state index in [9.17, 15) is 4.79 Å². The van der Waals surface area contributed by atoms with Gasteiger partial charge in [0.25, 0.3) is 0 Å². The third-order valence-electron chi connectivity index (χ3n) is 6.17. The molecule has 10 heteroatoms. The lowest BCUT2D eigenvalue weighted by atomic mass is 9.95. The Morgan fingerprint density at radius 3 is 2.53 bits per heavy atom. The highest BCUT2D eigenvalue weighted by molar-refractivity contribution is 5.85. The smallest absolute Gasteiger partial charge is 0.237 e. The molecule has 5 rings (SSSR count). The number of aromatic nitrogens is 5. The summed E-state index contributed by atoms with van der Waals surface area (Å²) in [4.78, 5) is 21.5. The molecule has 0 radical (unpaired) electrons. The van der Waals surface area contributed by atoms with Crippen LogP contribution in [0.1, 0.15) is 26.3 Å². The number of carbonyl (C=O) groups is 1. The van der Waals surface area contributed by atoms with E-state index in [-0.39, 0.29) is 36.1 Å². The quantitative estimate of drug-likeness (QED) is 0.404. The minimum Gasteiger partial charge on any atom is -0.336 e. The molecule has 0 aliphatic carbocycles. The lowest BCUT2D eigenvalue weighted by Crippen LogP contribution is -2.51. The molecule has 36 heavy (non-hydrogen) atoms. The van der Waals surface area contributed by atoms with Crippen molar-refractivity contribution in [1.29, 1.82) is 0 Å². The van der Waals surface area contributed by atoms with E-state index in [0.717, 1.165) is 24.2 Å². The van der Waals surface area contributed by atoms with Gasteiger partial charge < -0.3 is 4.90 Å². The third kappa shape index (κ3) is 5.42. The molecule has 0 unspecified atom stereocenters. The van der Waals surface area contributed by atoms with Gasteiger partial charge in [0.05, 0.1) is 42.0 Å². The molecule has 190 valence electrons. The van der Waals surface area contributed by atoms with E-state index in [1.807, 2.05) is 31.6 Å². The van der Waals surface area contributed by atoms with Crippen LogP contribution in [0.3, 0.4) is 0 Å². The summed E-state index contributed by atoms with van der Waals surface area (Å²) in [5.74, 6) is -0.311. The van der Waals surface area contributed by atoms with Gasteiger partial charge in [-0.15, -0.1) is 12.4 Å². The SMILES string of the molecule is Cl.Cn1cc(-c2cn3nccc3c(-c3ccc(CN4CCN(CC(C)(C)C)CC4=O)c(F)c3)n2)cn1. The number of fused-ring (bicyclic) bond motifs is 1.